The van der Waals surface area contributed by atoms with Gasteiger partial charge in [0.25, 0.3) is 0 Å². The van der Waals surface area contributed by atoms with Crippen molar-refractivity contribution >= 4 is 0 Å². The number of benzene rings is 3. The highest BCUT2D eigenvalue weighted by molar-refractivity contribution is 5.81. The zero-order chi connectivity index (χ0) is 15.6. The van der Waals surface area contributed by atoms with Crippen molar-refractivity contribution in [2.24, 2.45) is 0 Å². The highest BCUT2D eigenvalue weighted by Crippen LogP contribution is 2.39. The van der Waals surface area contributed by atoms with Crippen LogP contribution in [-0.4, -0.2) is 6.61 Å². The van der Waals surface area contributed by atoms with E-state index in [9.17, 15) is 0 Å². The van der Waals surface area contributed by atoms with E-state index in [-0.39, 0.29) is 0 Å². The molecule has 0 heterocycles. The molecule has 0 bridgehead atoms. The molecule has 1 nitrogen and oxygen atoms in total. The van der Waals surface area contributed by atoms with Gasteiger partial charge in [0.1, 0.15) is 5.75 Å². The molecule has 0 fully saturated rings. The Morgan fingerprint density at radius 3 is 2.39 bits per heavy atom. The lowest BCUT2D eigenvalue weighted by Crippen LogP contribution is -1.97. The quantitative estimate of drug-likeness (QED) is 0.469. The van der Waals surface area contributed by atoms with E-state index in [1.165, 1.54) is 33.4 Å². The lowest BCUT2D eigenvalue weighted by atomic mass is 9.98. The first-order valence-corrected chi connectivity index (χ1v) is 8.30. The minimum Gasteiger partial charge on any atom is -0.493 e. The van der Waals surface area contributed by atoms with Crippen LogP contribution in [0.2, 0.25) is 0 Å². The van der Waals surface area contributed by atoms with Gasteiger partial charge in [0.15, 0.2) is 0 Å². The Balaban J connectivity index is 1.74. The Hall–Kier alpha value is -2.54. The fourth-order valence-electron chi connectivity index (χ4n) is 3.36. The molecule has 3 aromatic rings. The van der Waals surface area contributed by atoms with Crippen LogP contribution in [0.3, 0.4) is 0 Å². The zero-order valence-corrected chi connectivity index (χ0v) is 13.4. The van der Waals surface area contributed by atoms with Crippen LogP contribution in [0.5, 0.6) is 5.75 Å². The molecule has 4 rings (SSSR count). The van der Waals surface area contributed by atoms with Gasteiger partial charge in [0, 0.05) is 5.56 Å². The number of ether oxygens (including phenoxy) is 1. The smallest absolute Gasteiger partial charge is 0.127 e. The molecule has 0 unspecified atom stereocenters. The number of para-hydroxylation sites is 1. The maximum absolute atomic E-state index is 5.92. The normalized spacial score (nSPS) is 11.9. The zero-order valence-electron chi connectivity index (χ0n) is 13.4. The lowest BCUT2D eigenvalue weighted by molar-refractivity contribution is 0.318. The molecule has 0 saturated heterocycles. The summed E-state index contributed by atoms with van der Waals surface area (Å²) in [4.78, 5) is 0. The maximum atomic E-state index is 5.92. The van der Waals surface area contributed by atoms with Gasteiger partial charge in [-0.1, -0.05) is 67.6 Å². The summed E-state index contributed by atoms with van der Waals surface area (Å²) in [6, 6.07) is 23.8. The SMILES string of the molecule is CCCOc1ccccc1-c1ccc2c(c1)Cc1ccccc1-2. The summed E-state index contributed by atoms with van der Waals surface area (Å²) in [5, 5.41) is 0. The predicted octanol–water partition coefficient (Wildman–Crippen LogP) is 5.71. The standard InChI is InChI=1S/C22H20O/c1-2-13-23-22-10-6-5-9-21(22)17-11-12-20-18(15-17)14-16-7-3-4-8-19(16)20/h3-12,15H,2,13-14H2,1H3. The van der Waals surface area contributed by atoms with E-state index in [1.807, 2.05) is 6.07 Å². The Morgan fingerprint density at radius 2 is 1.52 bits per heavy atom. The summed E-state index contributed by atoms with van der Waals surface area (Å²) < 4.78 is 5.92. The van der Waals surface area contributed by atoms with E-state index in [0.717, 1.165) is 25.2 Å². The van der Waals surface area contributed by atoms with Gasteiger partial charge in [0.05, 0.1) is 6.61 Å². The lowest BCUT2D eigenvalue weighted by Gasteiger charge is -2.12. The number of hydrogen-bond donors (Lipinski definition) is 0. The minimum atomic E-state index is 0.757. The molecule has 0 atom stereocenters. The van der Waals surface area contributed by atoms with Crippen molar-refractivity contribution in [1.82, 2.24) is 0 Å². The van der Waals surface area contributed by atoms with Gasteiger partial charge in [-0.25, -0.2) is 0 Å². The molecule has 1 heteroatoms. The molecule has 0 radical (unpaired) electrons. The highest BCUT2D eigenvalue weighted by Gasteiger charge is 2.18. The van der Waals surface area contributed by atoms with Crippen molar-refractivity contribution < 1.29 is 4.74 Å². The number of hydrogen-bond acceptors (Lipinski definition) is 1. The molecule has 0 saturated carbocycles. The second kappa shape index (κ2) is 5.92. The van der Waals surface area contributed by atoms with Crippen molar-refractivity contribution in [3.05, 3.63) is 77.9 Å². The highest BCUT2D eigenvalue weighted by atomic mass is 16.5. The summed E-state index contributed by atoms with van der Waals surface area (Å²) in [6.45, 7) is 2.89. The van der Waals surface area contributed by atoms with Gasteiger partial charge in [0.2, 0.25) is 0 Å². The first kappa shape index (κ1) is 14.1. The van der Waals surface area contributed by atoms with Crippen LogP contribution in [0.1, 0.15) is 24.5 Å². The van der Waals surface area contributed by atoms with Crippen molar-refractivity contribution in [3.8, 4) is 28.0 Å². The van der Waals surface area contributed by atoms with E-state index in [4.69, 9.17) is 4.74 Å². The summed E-state index contributed by atoms with van der Waals surface area (Å²) in [6.07, 6.45) is 2.05. The summed E-state index contributed by atoms with van der Waals surface area (Å²) in [5.41, 5.74) is 8.01. The number of rotatable bonds is 4. The Bertz CT molecular complexity index is 848. The van der Waals surface area contributed by atoms with Gasteiger partial charge in [-0.15, -0.1) is 0 Å². The molecule has 0 spiro atoms. The van der Waals surface area contributed by atoms with Crippen molar-refractivity contribution in [2.45, 2.75) is 19.8 Å². The van der Waals surface area contributed by atoms with Crippen molar-refractivity contribution in [3.63, 3.8) is 0 Å². The fraction of sp³-hybridized carbons (Fsp3) is 0.182. The largest absolute Gasteiger partial charge is 0.493 e. The van der Waals surface area contributed by atoms with Gasteiger partial charge in [-0.3, -0.25) is 0 Å². The Morgan fingerprint density at radius 1 is 0.783 bits per heavy atom. The van der Waals surface area contributed by atoms with Crippen LogP contribution >= 0.6 is 0 Å². The third-order valence-corrected chi connectivity index (χ3v) is 4.45. The molecule has 0 aliphatic heterocycles. The molecule has 0 amide bonds. The van der Waals surface area contributed by atoms with Gasteiger partial charge in [-0.05, 0) is 46.7 Å². The van der Waals surface area contributed by atoms with Crippen LogP contribution in [0.4, 0.5) is 0 Å². The van der Waals surface area contributed by atoms with E-state index >= 15 is 0 Å². The average molecular weight is 300 g/mol. The van der Waals surface area contributed by atoms with E-state index in [0.29, 0.717) is 0 Å². The van der Waals surface area contributed by atoms with Gasteiger partial charge in [-0.2, -0.15) is 0 Å². The summed E-state index contributed by atoms with van der Waals surface area (Å²) in [7, 11) is 0. The molecule has 1 aliphatic rings. The van der Waals surface area contributed by atoms with E-state index in [1.54, 1.807) is 0 Å². The molecular formula is C22H20O. The second-order valence-corrected chi connectivity index (χ2v) is 6.05. The van der Waals surface area contributed by atoms with Gasteiger partial charge >= 0.3 is 0 Å². The first-order chi connectivity index (χ1) is 11.4. The molecular weight excluding hydrogens is 280 g/mol. The molecule has 1 aliphatic carbocycles. The van der Waals surface area contributed by atoms with Crippen LogP contribution in [0.25, 0.3) is 22.3 Å². The van der Waals surface area contributed by atoms with Crippen LogP contribution in [0.15, 0.2) is 66.7 Å². The molecule has 114 valence electrons. The van der Waals surface area contributed by atoms with Gasteiger partial charge < -0.3 is 4.74 Å². The number of fused-ring (bicyclic) bond motifs is 3. The van der Waals surface area contributed by atoms with Crippen LogP contribution < -0.4 is 4.74 Å². The minimum absolute atomic E-state index is 0.757. The van der Waals surface area contributed by atoms with E-state index in [2.05, 4.69) is 67.6 Å². The molecule has 23 heavy (non-hydrogen) atoms. The summed E-state index contributed by atoms with van der Waals surface area (Å²) >= 11 is 0. The maximum Gasteiger partial charge on any atom is 0.127 e. The van der Waals surface area contributed by atoms with E-state index < -0.39 is 0 Å². The fourth-order valence-corrected chi connectivity index (χ4v) is 3.36. The third kappa shape index (κ3) is 2.53. The van der Waals surface area contributed by atoms with Crippen molar-refractivity contribution in [2.75, 3.05) is 6.61 Å². The monoisotopic (exact) mass is 300 g/mol. The molecule has 0 N–H and O–H groups in total. The Labute approximate surface area is 137 Å². The second-order valence-electron chi connectivity index (χ2n) is 6.05. The van der Waals surface area contributed by atoms with Crippen LogP contribution in [-0.2, 0) is 6.42 Å². The average Bonchev–Trinajstić information content (AvgIpc) is 2.98. The first-order valence-electron chi connectivity index (χ1n) is 8.30. The van der Waals surface area contributed by atoms with Crippen molar-refractivity contribution in [1.29, 1.82) is 0 Å². The topological polar surface area (TPSA) is 9.23 Å². The Kier molecular flexibility index (Phi) is 3.63. The summed E-state index contributed by atoms with van der Waals surface area (Å²) in [5.74, 6) is 0.977. The molecule has 0 aromatic heterocycles. The third-order valence-electron chi connectivity index (χ3n) is 4.45. The molecule has 3 aromatic carbocycles. The predicted molar refractivity (Wildman–Crippen MR) is 95.9 cm³/mol. The van der Waals surface area contributed by atoms with Crippen LogP contribution in [0, 0.1) is 0 Å².